The van der Waals surface area contributed by atoms with Crippen LogP contribution in [0.2, 0.25) is 0 Å². The molecule has 0 saturated carbocycles. The first-order chi connectivity index (χ1) is 16.6. The molecular formula is C27H24N2O5. The van der Waals surface area contributed by atoms with Gasteiger partial charge in [0.1, 0.15) is 23.9 Å². The van der Waals surface area contributed by atoms with Crippen LogP contribution >= 0.6 is 0 Å². The molecule has 0 bridgehead atoms. The van der Waals surface area contributed by atoms with Gasteiger partial charge in [-0.2, -0.15) is 0 Å². The molecule has 2 amide bonds. The maximum atomic E-state index is 14.0. The van der Waals surface area contributed by atoms with E-state index >= 15 is 0 Å². The van der Waals surface area contributed by atoms with Crippen LogP contribution in [0.25, 0.3) is 6.08 Å². The molecule has 1 saturated heterocycles. The van der Waals surface area contributed by atoms with E-state index in [0.29, 0.717) is 28.4 Å². The molecule has 2 heterocycles. The van der Waals surface area contributed by atoms with Crippen molar-refractivity contribution >= 4 is 29.3 Å². The van der Waals surface area contributed by atoms with Gasteiger partial charge in [-0.25, -0.2) is 0 Å². The molecule has 0 radical (unpaired) electrons. The monoisotopic (exact) mass is 456 g/mol. The summed E-state index contributed by atoms with van der Waals surface area (Å²) in [7, 11) is 3.09. The van der Waals surface area contributed by atoms with Crippen LogP contribution < -0.4 is 24.4 Å². The van der Waals surface area contributed by atoms with Gasteiger partial charge in [-0.05, 0) is 36.4 Å². The predicted octanol–water partition coefficient (Wildman–Crippen LogP) is 4.29. The van der Waals surface area contributed by atoms with Crippen molar-refractivity contribution < 1.29 is 23.8 Å². The fraction of sp³-hybridized carbons (Fsp3) is 0.185. The summed E-state index contributed by atoms with van der Waals surface area (Å²) in [6.45, 7) is 0.176. The summed E-state index contributed by atoms with van der Waals surface area (Å²) in [6, 6.07) is 22.0. The Morgan fingerprint density at radius 3 is 2.38 bits per heavy atom. The highest BCUT2D eigenvalue weighted by molar-refractivity contribution is 6.20. The van der Waals surface area contributed by atoms with Crippen LogP contribution in [0.1, 0.15) is 12.0 Å². The van der Waals surface area contributed by atoms with Gasteiger partial charge in [0.25, 0.3) is 5.91 Å². The van der Waals surface area contributed by atoms with Gasteiger partial charge >= 0.3 is 0 Å². The highest BCUT2D eigenvalue weighted by Crippen LogP contribution is 2.48. The van der Waals surface area contributed by atoms with Gasteiger partial charge in [-0.3, -0.25) is 14.5 Å². The largest absolute Gasteiger partial charge is 0.495 e. The Kier molecular flexibility index (Phi) is 5.45. The molecule has 0 aliphatic carbocycles. The second kappa shape index (κ2) is 8.59. The zero-order valence-corrected chi connectivity index (χ0v) is 18.9. The molecule has 2 aliphatic rings. The van der Waals surface area contributed by atoms with E-state index in [1.165, 1.54) is 4.90 Å². The third-order valence-electron chi connectivity index (χ3n) is 6.26. The van der Waals surface area contributed by atoms with Gasteiger partial charge in [-0.1, -0.05) is 42.5 Å². The number of ether oxygens (including phenoxy) is 3. The van der Waals surface area contributed by atoms with Crippen LogP contribution in [-0.2, 0) is 9.59 Å². The average molecular weight is 456 g/mol. The number of nitrogens with one attached hydrogen (secondary N) is 1. The second-order valence-corrected chi connectivity index (χ2v) is 8.09. The minimum atomic E-state index is -1.29. The third kappa shape index (κ3) is 3.37. The molecule has 172 valence electrons. The minimum Gasteiger partial charge on any atom is -0.495 e. The lowest BCUT2D eigenvalue weighted by atomic mass is 9.74. The van der Waals surface area contributed by atoms with Crippen molar-refractivity contribution in [2.75, 3.05) is 31.0 Å². The van der Waals surface area contributed by atoms with Crippen molar-refractivity contribution in [3.05, 3.63) is 83.9 Å². The first kappa shape index (κ1) is 21.6. The number of fused-ring (bicyclic) bond motifs is 1. The van der Waals surface area contributed by atoms with Gasteiger partial charge in [-0.15, -0.1) is 0 Å². The van der Waals surface area contributed by atoms with Crippen molar-refractivity contribution in [3.8, 4) is 17.2 Å². The lowest BCUT2D eigenvalue weighted by Gasteiger charge is -2.52. The number of methoxy groups -OCH3 is 2. The van der Waals surface area contributed by atoms with E-state index in [0.717, 1.165) is 11.3 Å². The zero-order chi connectivity index (χ0) is 23.7. The van der Waals surface area contributed by atoms with E-state index in [4.69, 9.17) is 14.2 Å². The van der Waals surface area contributed by atoms with E-state index in [9.17, 15) is 9.59 Å². The van der Waals surface area contributed by atoms with E-state index in [2.05, 4.69) is 5.32 Å². The summed E-state index contributed by atoms with van der Waals surface area (Å²) in [5.74, 6) is 1.24. The Morgan fingerprint density at radius 2 is 1.62 bits per heavy atom. The quantitative estimate of drug-likeness (QED) is 0.560. The predicted molar refractivity (Wildman–Crippen MR) is 129 cm³/mol. The molecule has 1 atom stereocenters. The molecule has 3 aromatic rings. The summed E-state index contributed by atoms with van der Waals surface area (Å²) in [5.41, 5.74) is 1.29. The van der Waals surface area contributed by atoms with Gasteiger partial charge in [0.05, 0.1) is 32.0 Å². The van der Waals surface area contributed by atoms with Gasteiger partial charge in [0, 0.05) is 11.1 Å². The molecule has 1 fully saturated rings. The number of nitrogens with zero attached hydrogens (tertiary/aromatic N) is 1. The average Bonchev–Trinajstić information content (AvgIpc) is 2.87. The van der Waals surface area contributed by atoms with Crippen molar-refractivity contribution in [3.63, 3.8) is 0 Å². The standard InChI is InChI=1S/C27H24N2O5/c1-32-23-13-7-4-10-20(23)28-26(31)27(19-15-18-9-3-6-12-22(18)34-17-19)16-25(30)29(27)21-11-5-8-14-24(21)33-2/h3-15H,16-17H2,1-2H3,(H,28,31). The zero-order valence-electron chi connectivity index (χ0n) is 18.9. The van der Waals surface area contributed by atoms with Gasteiger partial charge in [0.2, 0.25) is 5.91 Å². The summed E-state index contributed by atoms with van der Waals surface area (Å²) >= 11 is 0. The Morgan fingerprint density at radius 1 is 0.941 bits per heavy atom. The number of carbonyl (C=O) groups is 2. The van der Waals surface area contributed by atoms with E-state index in [1.54, 1.807) is 38.5 Å². The van der Waals surface area contributed by atoms with Gasteiger partial charge in [0.15, 0.2) is 5.54 Å². The molecular weight excluding hydrogens is 432 g/mol. The number of β-lactam (4-membered cyclic amide) rings is 1. The lowest BCUT2D eigenvalue weighted by Crippen LogP contribution is -2.71. The minimum absolute atomic E-state index is 0.00336. The highest BCUT2D eigenvalue weighted by Gasteiger charge is 2.60. The number of hydrogen-bond acceptors (Lipinski definition) is 5. The Balaban J connectivity index is 1.64. The van der Waals surface area contributed by atoms with Crippen molar-refractivity contribution in [1.29, 1.82) is 0 Å². The fourth-order valence-corrected chi connectivity index (χ4v) is 4.57. The third-order valence-corrected chi connectivity index (χ3v) is 6.26. The Hall–Kier alpha value is -4.26. The van der Waals surface area contributed by atoms with Crippen LogP contribution in [0.5, 0.6) is 17.2 Å². The summed E-state index contributed by atoms with van der Waals surface area (Å²) < 4.78 is 16.9. The molecule has 7 nitrogen and oxygen atoms in total. The first-order valence-corrected chi connectivity index (χ1v) is 10.9. The first-order valence-electron chi connectivity index (χ1n) is 10.9. The lowest BCUT2D eigenvalue weighted by molar-refractivity contribution is -0.135. The fourth-order valence-electron chi connectivity index (χ4n) is 4.57. The normalized spacial score (nSPS) is 18.7. The van der Waals surface area contributed by atoms with Crippen LogP contribution in [0.15, 0.2) is 78.4 Å². The molecule has 1 unspecified atom stereocenters. The maximum Gasteiger partial charge on any atom is 0.255 e. The number of anilines is 2. The van der Waals surface area contributed by atoms with Gasteiger partial charge < -0.3 is 19.5 Å². The number of amides is 2. The smallest absolute Gasteiger partial charge is 0.255 e. The maximum absolute atomic E-state index is 14.0. The van der Waals surface area contributed by atoms with E-state index in [1.807, 2.05) is 54.6 Å². The van der Waals surface area contributed by atoms with E-state index in [-0.39, 0.29) is 24.8 Å². The van der Waals surface area contributed by atoms with Crippen molar-refractivity contribution in [2.24, 2.45) is 0 Å². The molecule has 3 aromatic carbocycles. The van der Waals surface area contributed by atoms with Crippen molar-refractivity contribution in [2.45, 2.75) is 12.0 Å². The molecule has 5 rings (SSSR count). The highest BCUT2D eigenvalue weighted by atomic mass is 16.5. The Bertz CT molecular complexity index is 1300. The number of hydrogen-bond donors (Lipinski definition) is 1. The SMILES string of the molecule is COc1ccccc1NC(=O)C1(C2=Cc3ccccc3OC2)CC(=O)N1c1ccccc1OC. The van der Waals surface area contributed by atoms with E-state index < -0.39 is 5.54 Å². The van der Waals surface area contributed by atoms with Crippen LogP contribution in [0.3, 0.4) is 0 Å². The summed E-state index contributed by atoms with van der Waals surface area (Å²) in [5, 5.41) is 2.99. The van der Waals surface area contributed by atoms with Crippen LogP contribution in [0, 0.1) is 0 Å². The summed E-state index contributed by atoms with van der Waals surface area (Å²) in [4.78, 5) is 28.6. The van der Waals surface area contributed by atoms with Crippen LogP contribution in [0.4, 0.5) is 11.4 Å². The van der Waals surface area contributed by atoms with Crippen molar-refractivity contribution in [1.82, 2.24) is 0 Å². The molecule has 0 aromatic heterocycles. The molecule has 2 aliphatic heterocycles. The molecule has 0 spiro atoms. The Labute approximate surface area is 197 Å². The number of carbonyl (C=O) groups excluding carboxylic acids is 2. The molecule has 1 N–H and O–H groups in total. The number of rotatable bonds is 6. The topological polar surface area (TPSA) is 77.1 Å². The molecule has 34 heavy (non-hydrogen) atoms. The molecule has 7 heteroatoms. The number of benzene rings is 3. The number of para-hydroxylation sites is 5. The summed E-state index contributed by atoms with van der Waals surface area (Å²) in [6.07, 6.45) is 1.94. The second-order valence-electron chi connectivity index (χ2n) is 8.09. The van der Waals surface area contributed by atoms with Crippen LogP contribution in [-0.4, -0.2) is 38.2 Å².